The molecule has 0 bridgehead atoms. The highest BCUT2D eigenvalue weighted by molar-refractivity contribution is 6.03. The van der Waals surface area contributed by atoms with E-state index in [1.165, 1.54) is 29.5 Å². The van der Waals surface area contributed by atoms with Crippen LogP contribution in [0.1, 0.15) is 110 Å². The number of ketones is 2. The molecule has 0 heterocycles. The van der Waals surface area contributed by atoms with Gasteiger partial charge in [-0.05, 0) is 72.6 Å². The monoisotopic (exact) mass is 526 g/mol. The topological polar surface area (TPSA) is 34.1 Å². The molecular weight excluding hydrogens is 476 g/mol. The molecule has 2 atom stereocenters. The predicted octanol–water partition coefficient (Wildman–Crippen LogP) is 9.90. The van der Waals surface area contributed by atoms with E-state index in [2.05, 4.69) is 75.4 Å². The Morgan fingerprint density at radius 3 is 1.85 bits per heavy atom. The van der Waals surface area contributed by atoms with E-state index >= 15 is 0 Å². The van der Waals surface area contributed by atoms with Gasteiger partial charge in [0.15, 0.2) is 5.78 Å². The Kier molecular flexibility index (Phi) is 12.0. The predicted molar refractivity (Wildman–Crippen MR) is 165 cm³/mol. The van der Waals surface area contributed by atoms with Crippen LogP contribution in [0.5, 0.6) is 0 Å². The van der Waals surface area contributed by atoms with E-state index in [4.69, 9.17) is 0 Å². The van der Waals surface area contributed by atoms with Gasteiger partial charge >= 0.3 is 0 Å². The van der Waals surface area contributed by atoms with Crippen LogP contribution in [0.25, 0.3) is 0 Å². The lowest BCUT2D eigenvalue weighted by Crippen LogP contribution is -2.33. The van der Waals surface area contributed by atoms with Crippen LogP contribution in [0, 0.1) is 23.7 Å². The van der Waals surface area contributed by atoms with E-state index in [1.807, 2.05) is 32.9 Å². The van der Waals surface area contributed by atoms with Crippen molar-refractivity contribution in [2.45, 2.75) is 98.8 Å². The molecule has 1 saturated carbocycles. The van der Waals surface area contributed by atoms with Crippen LogP contribution in [-0.4, -0.2) is 11.6 Å². The zero-order valence-electron chi connectivity index (χ0n) is 25.2. The first-order valence-corrected chi connectivity index (χ1v) is 15.5. The van der Waals surface area contributed by atoms with Crippen molar-refractivity contribution < 1.29 is 9.59 Å². The quantitative estimate of drug-likeness (QED) is 0.360. The fourth-order valence-electron chi connectivity index (χ4n) is 6.72. The summed E-state index contributed by atoms with van der Waals surface area (Å²) in [6, 6.07) is 20.9. The lowest BCUT2D eigenvalue weighted by atomic mass is 9.66. The third-order valence-corrected chi connectivity index (χ3v) is 8.54. The minimum Gasteiger partial charge on any atom is -0.299 e. The van der Waals surface area contributed by atoms with Gasteiger partial charge in [0.1, 0.15) is 5.78 Å². The van der Waals surface area contributed by atoms with Crippen molar-refractivity contribution in [3.63, 3.8) is 0 Å². The highest BCUT2D eigenvalue weighted by Crippen LogP contribution is 2.46. The molecule has 0 saturated heterocycles. The molecule has 1 fully saturated rings. The minimum atomic E-state index is -0.165. The van der Waals surface area contributed by atoms with Gasteiger partial charge in [-0.15, -0.1) is 0 Å². The van der Waals surface area contributed by atoms with Crippen LogP contribution in [-0.2, 0) is 9.59 Å². The summed E-state index contributed by atoms with van der Waals surface area (Å²) >= 11 is 0. The van der Waals surface area contributed by atoms with Crippen LogP contribution in [0.3, 0.4) is 0 Å². The molecule has 3 aliphatic rings. The van der Waals surface area contributed by atoms with Crippen molar-refractivity contribution in [3.05, 3.63) is 94.6 Å². The largest absolute Gasteiger partial charge is 0.299 e. The van der Waals surface area contributed by atoms with Gasteiger partial charge in [0.05, 0.1) is 5.92 Å². The van der Waals surface area contributed by atoms with Crippen LogP contribution < -0.4 is 0 Å². The van der Waals surface area contributed by atoms with E-state index < -0.39 is 0 Å². The van der Waals surface area contributed by atoms with Gasteiger partial charge in [-0.25, -0.2) is 0 Å². The Morgan fingerprint density at radius 1 is 0.872 bits per heavy atom. The van der Waals surface area contributed by atoms with Gasteiger partial charge in [0, 0.05) is 18.3 Å². The molecule has 2 aromatic rings. The Labute approximate surface area is 238 Å². The molecule has 0 aliphatic heterocycles. The number of benzene rings is 2. The third kappa shape index (κ3) is 7.68. The summed E-state index contributed by atoms with van der Waals surface area (Å²) < 4.78 is 0. The van der Waals surface area contributed by atoms with E-state index in [-0.39, 0.29) is 23.5 Å². The van der Waals surface area contributed by atoms with Gasteiger partial charge in [-0.2, -0.15) is 0 Å². The fourth-order valence-corrected chi connectivity index (χ4v) is 6.72. The SMILES string of the molecule is CC.CC1CC(C)C1.CCCC1=CC2=C(CCC(C(=O)CC)C2)C(=O)C1C(c1ccccc1)c1ccccc1. The van der Waals surface area contributed by atoms with Crippen molar-refractivity contribution in [1.29, 1.82) is 0 Å². The number of carbonyl (C=O) groups is 2. The zero-order chi connectivity index (χ0) is 28.4. The fraction of sp³-hybridized carbons (Fsp3) is 0.514. The van der Waals surface area contributed by atoms with E-state index in [0.29, 0.717) is 12.2 Å². The molecule has 2 unspecified atom stereocenters. The molecule has 5 rings (SSSR count). The summed E-state index contributed by atoms with van der Waals surface area (Å²) in [4.78, 5) is 26.3. The normalized spacial score (nSPS) is 23.9. The Hall–Kier alpha value is -2.74. The van der Waals surface area contributed by atoms with E-state index in [1.54, 1.807) is 0 Å². The average molecular weight is 527 g/mol. The lowest BCUT2D eigenvalue weighted by molar-refractivity contribution is -0.123. The first kappa shape index (κ1) is 30.8. The van der Waals surface area contributed by atoms with Crippen molar-refractivity contribution >= 4 is 11.6 Å². The number of hydrogen-bond donors (Lipinski definition) is 0. The molecule has 0 radical (unpaired) electrons. The second-order valence-electron chi connectivity index (χ2n) is 11.6. The first-order chi connectivity index (χ1) is 18.9. The Balaban J connectivity index is 0.000000457. The van der Waals surface area contributed by atoms with Crippen LogP contribution in [0.2, 0.25) is 0 Å². The molecule has 2 heteroatoms. The summed E-state index contributed by atoms with van der Waals surface area (Å²) in [5, 5.41) is 0. The van der Waals surface area contributed by atoms with Crippen molar-refractivity contribution in [2.24, 2.45) is 23.7 Å². The third-order valence-electron chi connectivity index (χ3n) is 8.54. The molecule has 3 aliphatic carbocycles. The molecule has 0 aromatic heterocycles. The zero-order valence-corrected chi connectivity index (χ0v) is 25.2. The van der Waals surface area contributed by atoms with Gasteiger partial charge in [-0.1, -0.05) is 120 Å². The smallest absolute Gasteiger partial charge is 0.167 e. The highest BCUT2D eigenvalue weighted by Gasteiger charge is 2.40. The van der Waals surface area contributed by atoms with Crippen molar-refractivity contribution in [1.82, 2.24) is 0 Å². The maximum Gasteiger partial charge on any atom is 0.167 e. The summed E-state index contributed by atoms with van der Waals surface area (Å²) in [5.41, 5.74) is 5.71. The summed E-state index contributed by atoms with van der Waals surface area (Å²) in [6.45, 7) is 12.8. The lowest BCUT2D eigenvalue weighted by Gasteiger charge is -2.36. The standard InChI is InChI=1S/C29H32O2.C6H12.C2H6/c1-3-11-23-19-24-18-22(26(30)4-2)16-17-25(24)29(31)28(23)27(20-12-7-5-8-13-20)21-14-9-6-10-15-21;1-5-3-6(2)4-5;1-2/h5-10,12-15,19,22,27-28H,3-4,11,16-18H2,1-2H3;5-6H,3-4H2,1-2H3;1-2H3. The molecule has 2 aromatic carbocycles. The molecule has 0 N–H and O–H groups in total. The first-order valence-electron chi connectivity index (χ1n) is 15.5. The molecule has 2 nitrogen and oxygen atoms in total. The molecular formula is C37H50O2. The number of Topliss-reactive ketones (excluding diaryl/α,β-unsaturated/α-hetero) is 2. The van der Waals surface area contributed by atoms with Gasteiger partial charge in [0.25, 0.3) is 0 Å². The van der Waals surface area contributed by atoms with Crippen molar-refractivity contribution in [2.75, 3.05) is 0 Å². The maximum atomic E-state index is 14.0. The molecule has 0 spiro atoms. The maximum absolute atomic E-state index is 14.0. The highest BCUT2D eigenvalue weighted by atomic mass is 16.1. The van der Waals surface area contributed by atoms with E-state index in [0.717, 1.165) is 55.1 Å². The minimum absolute atomic E-state index is 0.0109. The van der Waals surface area contributed by atoms with Gasteiger partial charge in [0.2, 0.25) is 0 Å². The molecule has 0 amide bonds. The molecule has 39 heavy (non-hydrogen) atoms. The molecule has 210 valence electrons. The van der Waals surface area contributed by atoms with Crippen LogP contribution >= 0.6 is 0 Å². The number of allylic oxidation sites excluding steroid dienone is 4. The van der Waals surface area contributed by atoms with E-state index in [9.17, 15) is 9.59 Å². The Morgan fingerprint density at radius 2 is 1.41 bits per heavy atom. The van der Waals surface area contributed by atoms with Crippen molar-refractivity contribution in [3.8, 4) is 0 Å². The summed E-state index contributed by atoms with van der Waals surface area (Å²) in [5.74, 6) is 2.61. The second kappa shape index (κ2) is 15.2. The number of carbonyl (C=O) groups excluding carboxylic acids is 2. The van der Waals surface area contributed by atoms with Crippen LogP contribution in [0.4, 0.5) is 0 Å². The van der Waals surface area contributed by atoms with Gasteiger partial charge < -0.3 is 0 Å². The Bertz CT molecular complexity index is 1070. The number of rotatable bonds is 7. The number of hydrogen-bond acceptors (Lipinski definition) is 2. The average Bonchev–Trinajstić information content (AvgIpc) is 2.96. The van der Waals surface area contributed by atoms with Gasteiger partial charge in [-0.3, -0.25) is 9.59 Å². The second-order valence-corrected chi connectivity index (χ2v) is 11.6. The summed E-state index contributed by atoms with van der Waals surface area (Å²) in [7, 11) is 0. The summed E-state index contributed by atoms with van der Waals surface area (Å²) in [6.07, 6.45) is 10.0. The van der Waals surface area contributed by atoms with Crippen LogP contribution in [0.15, 0.2) is 83.5 Å².